The Morgan fingerprint density at radius 1 is 0.920 bits per heavy atom. The first kappa shape index (κ1) is 16.4. The molecule has 0 bridgehead atoms. The van der Waals surface area contributed by atoms with E-state index in [0.717, 1.165) is 32.9 Å². The molecule has 0 aliphatic carbocycles. The third-order valence-corrected chi connectivity index (χ3v) is 5.44. The van der Waals surface area contributed by atoms with Crippen LogP contribution < -0.4 is 10.2 Å². The van der Waals surface area contributed by atoms with Gasteiger partial charge in [-0.25, -0.2) is 0 Å². The molecule has 1 aliphatic rings. The van der Waals surface area contributed by atoms with Gasteiger partial charge in [-0.2, -0.15) is 0 Å². The maximum Gasteiger partial charge on any atom is 0.494 e. The zero-order valence-corrected chi connectivity index (χ0v) is 15.3. The fraction of sp³-hybridized carbons (Fsp3) is 0.350. The van der Waals surface area contributed by atoms with Crippen molar-refractivity contribution in [2.45, 2.75) is 38.9 Å². The van der Waals surface area contributed by atoms with Crippen molar-refractivity contribution < 1.29 is 14.0 Å². The number of benzene rings is 2. The largest absolute Gasteiger partial charge is 0.497 e. The van der Waals surface area contributed by atoms with Crippen molar-refractivity contribution in [1.82, 2.24) is 4.98 Å². The van der Waals surface area contributed by atoms with Crippen LogP contribution in [-0.2, 0) is 9.31 Å². The van der Waals surface area contributed by atoms with Gasteiger partial charge in [-0.3, -0.25) is 4.98 Å². The highest BCUT2D eigenvalue weighted by Gasteiger charge is 2.51. The number of hydrogen-bond donors (Lipinski definition) is 0. The molecule has 1 aromatic heterocycles. The second-order valence-corrected chi connectivity index (χ2v) is 7.58. The summed E-state index contributed by atoms with van der Waals surface area (Å²) in [7, 11) is 1.30. The average molecular weight is 335 g/mol. The highest BCUT2D eigenvalue weighted by molar-refractivity contribution is 6.62. The molecule has 0 spiro atoms. The molecule has 1 aliphatic heterocycles. The van der Waals surface area contributed by atoms with Gasteiger partial charge in [-0.1, -0.05) is 12.1 Å². The molecule has 2 heterocycles. The Bertz CT molecular complexity index is 952. The lowest BCUT2D eigenvalue weighted by molar-refractivity contribution is 0.00578. The number of methoxy groups -OCH3 is 1. The molecule has 1 fully saturated rings. The third-order valence-electron chi connectivity index (χ3n) is 5.44. The summed E-state index contributed by atoms with van der Waals surface area (Å²) in [6, 6.07) is 12.3. The Morgan fingerprint density at radius 3 is 2.28 bits per heavy atom. The van der Waals surface area contributed by atoms with Gasteiger partial charge in [0.2, 0.25) is 0 Å². The molecule has 1 saturated heterocycles. The number of nitrogens with zero attached hydrogens (tertiary/aromatic N) is 1. The summed E-state index contributed by atoms with van der Waals surface area (Å²) in [5.41, 5.74) is 1.23. The number of fused-ring (bicyclic) bond motifs is 3. The minimum absolute atomic E-state index is 0.347. The second-order valence-electron chi connectivity index (χ2n) is 7.58. The molecular formula is C20H22BNO3. The van der Waals surface area contributed by atoms with Crippen LogP contribution in [-0.4, -0.2) is 30.4 Å². The third kappa shape index (κ3) is 2.59. The molecule has 25 heavy (non-hydrogen) atoms. The van der Waals surface area contributed by atoms with E-state index in [4.69, 9.17) is 14.0 Å². The minimum Gasteiger partial charge on any atom is -0.497 e. The maximum atomic E-state index is 6.15. The van der Waals surface area contributed by atoms with Crippen LogP contribution >= 0.6 is 0 Å². The molecule has 4 nitrogen and oxygen atoms in total. The molecule has 0 atom stereocenters. The summed E-state index contributed by atoms with van der Waals surface area (Å²) < 4.78 is 17.6. The van der Waals surface area contributed by atoms with Crippen LogP contribution in [0.25, 0.3) is 21.7 Å². The summed E-state index contributed by atoms with van der Waals surface area (Å²) in [5.74, 6) is 0.836. The van der Waals surface area contributed by atoms with Crippen LogP contribution in [0.3, 0.4) is 0 Å². The van der Waals surface area contributed by atoms with Crippen molar-refractivity contribution in [3.8, 4) is 5.75 Å². The summed E-state index contributed by atoms with van der Waals surface area (Å²) in [5, 5.41) is 3.34. The molecule has 5 heteroatoms. The Hall–Kier alpha value is -2.11. The Labute approximate surface area is 148 Å². The lowest BCUT2D eigenvalue weighted by Crippen LogP contribution is -2.41. The first-order chi connectivity index (χ1) is 11.8. The Balaban J connectivity index is 1.78. The van der Waals surface area contributed by atoms with Crippen LogP contribution in [0.4, 0.5) is 0 Å². The van der Waals surface area contributed by atoms with Crippen LogP contribution in [0.2, 0.25) is 0 Å². The summed E-state index contributed by atoms with van der Waals surface area (Å²) in [4.78, 5) is 4.62. The number of ether oxygens (including phenoxy) is 1. The van der Waals surface area contributed by atoms with Crippen molar-refractivity contribution in [3.05, 3.63) is 42.6 Å². The molecule has 128 valence electrons. The highest BCUT2D eigenvalue weighted by atomic mass is 16.7. The van der Waals surface area contributed by atoms with Crippen molar-refractivity contribution >= 4 is 34.3 Å². The molecule has 0 saturated carbocycles. The van der Waals surface area contributed by atoms with Gasteiger partial charge in [0.1, 0.15) is 5.75 Å². The quantitative estimate of drug-likeness (QED) is 0.529. The van der Waals surface area contributed by atoms with E-state index in [0.29, 0.717) is 0 Å². The van der Waals surface area contributed by atoms with Crippen molar-refractivity contribution in [3.63, 3.8) is 0 Å². The van der Waals surface area contributed by atoms with E-state index in [1.807, 2.05) is 18.3 Å². The Kier molecular flexibility index (Phi) is 3.57. The lowest BCUT2D eigenvalue weighted by Gasteiger charge is -2.32. The zero-order valence-electron chi connectivity index (χ0n) is 15.3. The summed E-state index contributed by atoms with van der Waals surface area (Å²) in [6.45, 7) is 8.25. The molecule has 3 aromatic rings. The number of aromatic nitrogens is 1. The Morgan fingerprint density at radius 2 is 1.60 bits per heavy atom. The summed E-state index contributed by atoms with van der Waals surface area (Å²) in [6.07, 6.45) is 1.88. The van der Waals surface area contributed by atoms with Crippen LogP contribution in [0, 0.1) is 0 Å². The molecule has 0 amide bonds. The minimum atomic E-state index is -0.372. The van der Waals surface area contributed by atoms with Crippen molar-refractivity contribution in [1.29, 1.82) is 0 Å². The predicted octanol–water partition coefficient (Wildman–Crippen LogP) is 3.70. The van der Waals surface area contributed by atoms with E-state index in [9.17, 15) is 0 Å². The monoisotopic (exact) mass is 335 g/mol. The average Bonchev–Trinajstić information content (AvgIpc) is 2.81. The number of hydrogen-bond acceptors (Lipinski definition) is 4. The molecule has 0 radical (unpaired) electrons. The first-order valence-electron chi connectivity index (χ1n) is 8.53. The fourth-order valence-electron chi connectivity index (χ4n) is 3.17. The van der Waals surface area contributed by atoms with Gasteiger partial charge in [-0.05, 0) is 62.8 Å². The van der Waals surface area contributed by atoms with E-state index >= 15 is 0 Å². The topological polar surface area (TPSA) is 40.6 Å². The van der Waals surface area contributed by atoms with Crippen molar-refractivity contribution in [2.24, 2.45) is 0 Å². The first-order valence-corrected chi connectivity index (χ1v) is 8.53. The zero-order chi connectivity index (χ0) is 17.8. The fourth-order valence-corrected chi connectivity index (χ4v) is 3.17. The summed E-state index contributed by atoms with van der Waals surface area (Å²) >= 11 is 0. The van der Waals surface area contributed by atoms with E-state index in [1.165, 1.54) is 0 Å². The van der Waals surface area contributed by atoms with Gasteiger partial charge in [0, 0.05) is 17.0 Å². The van der Waals surface area contributed by atoms with Gasteiger partial charge >= 0.3 is 7.12 Å². The predicted molar refractivity (Wildman–Crippen MR) is 102 cm³/mol. The van der Waals surface area contributed by atoms with Gasteiger partial charge < -0.3 is 14.0 Å². The lowest BCUT2D eigenvalue weighted by atomic mass is 9.78. The molecule has 0 unspecified atom stereocenters. The van der Waals surface area contributed by atoms with E-state index in [1.54, 1.807) is 7.11 Å². The molecule has 4 rings (SSSR count). The van der Waals surface area contributed by atoms with Gasteiger partial charge in [0.15, 0.2) is 0 Å². The normalized spacial score (nSPS) is 18.8. The maximum absolute atomic E-state index is 6.15. The highest BCUT2D eigenvalue weighted by Crippen LogP contribution is 2.36. The molecule has 0 N–H and O–H groups in total. The SMILES string of the molecule is COc1ccc2c(cnc3cc(B4OC(C)(C)C(C)(C)O4)ccc32)c1. The van der Waals surface area contributed by atoms with Crippen molar-refractivity contribution in [2.75, 3.05) is 7.11 Å². The van der Waals surface area contributed by atoms with Gasteiger partial charge in [0.05, 0.1) is 23.8 Å². The van der Waals surface area contributed by atoms with Crippen LogP contribution in [0.5, 0.6) is 5.75 Å². The number of pyridine rings is 1. The number of rotatable bonds is 2. The molecule has 2 aromatic carbocycles. The molecular weight excluding hydrogens is 313 g/mol. The van der Waals surface area contributed by atoms with E-state index in [2.05, 4.69) is 56.9 Å². The van der Waals surface area contributed by atoms with Crippen LogP contribution in [0.15, 0.2) is 42.6 Å². The second kappa shape index (κ2) is 5.45. The smallest absolute Gasteiger partial charge is 0.494 e. The van der Waals surface area contributed by atoms with Crippen LogP contribution in [0.1, 0.15) is 27.7 Å². The van der Waals surface area contributed by atoms with E-state index < -0.39 is 0 Å². The van der Waals surface area contributed by atoms with Gasteiger partial charge in [0.25, 0.3) is 0 Å². The van der Waals surface area contributed by atoms with E-state index in [-0.39, 0.29) is 18.3 Å². The standard InChI is InChI=1S/C20H22BNO3/c1-19(2)20(3,4)25-21(24-19)14-6-8-17-16-9-7-15(23-5)10-13(16)12-22-18(17)11-14/h6-12H,1-5H3. The van der Waals surface area contributed by atoms with Gasteiger partial charge in [-0.15, -0.1) is 0 Å².